The summed E-state index contributed by atoms with van der Waals surface area (Å²) in [6.45, 7) is 2.17. The maximum atomic E-state index is 13.2. The molecule has 156 valence electrons. The van der Waals surface area contributed by atoms with Crippen LogP contribution in [0.1, 0.15) is 21.6 Å². The van der Waals surface area contributed by atoms with Gasteiger partial charge in [-0.1, -0.05) is 23.7 Å². The maximum Gasteiger partial charge on any atom is 0.337 e. The Balaban J connectivity index is 1.75. The Bertz CT molecular complexity index is 1250. The molecule has 0 saturated carbocycles. The van der Waals surface area contributed by atoms with Gasteiger partial charge in [-0.05, 0) is 61.0 Å². The van der Waals surface area contributed by atoms with Crippen molar-refractivity contribution in [1.82, 2.24) is 9.55 Å². The molecule has 0 radical (unpaired) electrons. The van der Waals surface area contributed by atoms with Gasteiger partial charge in [0, 0.05) is 22.5 Å². The largest absolute Gasteiger partial charge is 0.488 e. The summed E-state index contributed by atoms with van der Waals surface area (Å²) in [6.07, 6.45) is 2.91. The van der Waals surface area contributed by atoms with Gasteiger partial charge in [0.25, 0.3) is 0 Å². The lowest BCUT2D eigenvalue weighted by Crippen LogP contribution is -2.04. The van der Waals surface area contributed by atoms with E-state index in [4.69, 9.17) is 16.3 Å². The molecule has 31 heavy (non-hydrogen) atoms. The van der Waals surface area contributed by atoms with Crippen molar-refractivity contribution in [3.05, 3.63) is 101 Å². The summed E-state index contributed by atoms with van der Waals surface area (Å²) < 4.78 is 21.1. The summed E-state index contributed by atoms with van der Waals surface area (Å²) in [5.41, 5.74) is 3.94. The number of carbonyl (C=O) groups is 1. The predicted octanol–water partition coefficient (Wildman–Crippen LogP) is 5.92. The van der Waals surface area contributed by atoms with Crippen molar-refractivity contribution in [2.45, 2.75) is 13.5 Å². The first-order chi connectivity index (χ1) is 14.9. The number of aromatic nitrogens is 2. The minimum Gasteiger partial charge on any atom is -0.488 e. The predicted molar refractivity (Wildman–Crippen MR) is 116 cm³/mol. The highest BCUT2D eigenvalue weighted by Crippen LogP contribution is 2.36. The van der Waals surface area contributed by atoms with Gasteiger partial charge in [0.05, 0.1) is 23.1 Å². The van der Waals surface area contributed by atoms with Crippen LogP contribution < -0.4 is 4.74 Å². The molecular formula is C24H18ClFN2O3. The molecule has 1 N–H and O–H groups in total. The topological polar surface area (TPSA) is 64.4 Å². The quantitative estimate of drug-likeness (QED) is 0.407. The van der Waals surface area contributed by atoms with Crippen molar-refractivity contribution in [2.24, 2.45) is 0 Å². The van der Waals surface area contributed by atoms with E-state index in [1.54, 1.807) is 42.6 Å². The van der Waals surface area contributed by atoms with Crippen LogP contribution in [0.3, 0.4) is 0 Å². The normalized spacial score (nSPS) is 10.8. The van der Waals surface area contributed by atoms with E-state index in [1.165, 1.54) is 18.3 Å². The highest BCUT2D eigenvalue weighted by atomic mass is 35.5. The number of pyridine rings is 1. The van der Waals surface area contributed by atoms with E-state index in [0.717, 1.165) is 22.5 Å². The van der Waals surface area contributed by atoms with Crippen LogP contribution in [-0.2, 0) is 6.61 Å². The molecule has 7 heteroatoms. The summed E-state index contributed by atoms with van der Waals surface area (Å²) in [7, 11) is 0. The number of carboxylic acid groups (broad SMARTS) is 1. The molecule has 0 saturated heterocycles. The molecule has 0 amide bonds. The Morgan fingerprint density at radius 2 is 1.87 bits per heavy atom. The van der Waals surface area contributed by atoms with Gasteiger partial charge < -0.3 is 14.4 Å². The standard InChI is InChI=1S/C24H18ClFN2O3/c1-15-2-8-22(28(15)20-10-17(24(29)30)12-27-13-20)21-11-18(25)5-9-23(21)31-14-16-3-6-19(26)7-4-16/h2-13H,14H2,1H3,(H,29,30). The number of nitrogens with zero attached hydrogens (tertiary/aromatic N) is 2. The van der Waals surface area contributed by atoms with Crippen molar-refractivity contribution < 1.29 is 19.0 Å². The van der Waals surface area contributed by atoms with Crippen LogP contribution >= 0.6 is 11.6 Å². The minimum atomic E-state index is -1.05. The van der Waals surface area contributed by atoms with E-state index in [1.807, 2.05) is 23.6 Å². The van der Waals surface area contributed by atoms with E-state index in [-0.39, 0.29) is 18.0 Å². The second kappa shape index (κ2) is 8.62. The fraction of sp³-hybridized carbons (Fsp3) is 0.0833. The van der Waals surface area contributed by atoms with Crippen LogP contribution in [0.15, 0.2) is 73.1 Å². The number of hydrogen-bond acceptors (Lipinski definition) is 3. The van der Waals surface area contributed by atoms with Crippen LogP contribution in [0.25, 0.3) is 16.9 Å². The van der Waals surface area contributed by atoms with Crippen LogP contribution in [0, 0.1) is 12.7 Å². The van der Waals surface area contributed by atoms with Crippen LogP contribution in [0.2, 0.25) is 5.02 Å². The molecule has 0 atom stereocenters. The average Bonchev–Trinajstić information content (AvgIpc) is 3.15. The monoisotopic (exact) mass is 436 g/mol. The minimum absolute atomic E-state index is 0.0930. The van der Waals surface area contributed by atoms with E-state index in [2.05, 4.69) is 4.98 Å². The second-order valence-electron chi connectivity index (χ2n) is 6.99. The zero-order valence-corrected chi connectivity index (χ0v) is 17.3. The van der Waals surface area contributed by atoms with Gasteiger partial charge in [-0.3, -0.25) is 4.98 Å². The van der Waals surface area contributed by atoms with Crippen molar-refractivity contribution in [3.63, 3.8) is 0 Å². The van der Waals surface area contributed by atoms with Crippen LogP contribution in [-0.4, -0.2) is 20.6 Å². The summed E-state index contributed by atoms with van der Waals surface area (Å²) in [4.78, 5) is 15.5. The number of carboxylic acids is 1. The maximum absolute atomic E-state index is 13.2. The first kappa shape index (κ1) is 20.6. The van der Waals surface area contributed by atoms with E-state index >= 15 is 0 Å². The van der Waals surface area contributed by atoms with Crippen molar-refractivity contribution in [3.8, 4) is 22.7 Å². The molecular weight excluding hydrogens is 419 g/mol. The molecule has 4 rings (SSSR count). The SMILES string of the molecule is Cc1ccc(-c2cc(Cl)ccc2OCc2ccc(F)cc2)n1-c1cncc(C(=O)O)c1. The molecule has 2 aromatic heterocycles. The number of aromatic carboxylic acids is 1. The van der Waals surface area contributed by atoms with Gasteiger partial charge >= 0.3 is 5.97 Å². The Morgan fingerprint density at radius 3 is 2.61 bits per heavy atom. The van der Waals surface area contributed by atoms with Gasteiger partial charge in [0.15, 0.2) is 0 Å². The van der Waals surface area contributed by atoms with Crippen molar-refractivity contribution >= 4 is 17.6 Å². The van der Waals surface area contributed by atoms with Gasteiger partial charge in [-0.15, -0.1) is 0 Å². The summed E-state index contributed by atoms with van der Waals surface area (Å²) in [6, 6.07) is 16.8. The summed E-state index contributed by atoms with van der Waals surface area (Å²) >= 11 is 6.28. The first-order valence-corrected chi connectivity index (χ1v) is 9.84. The number of rotatable bonds is 6. The van der Waals surface area contributed by atoms with Crippen LogP contribution in [0.4, 0.5) is 4.39 Å². The number of aryl methyl sites for hydroxylation is 1. The number of halogens is 2. The van der Waals surface area contributed by atoms with Gasteiger partial charge in [-0.2, -0.15) is 0 Å². The molecule has 0 unspecified atom stereocenters. The third kappa shape index (κ3) is 4.44. The zero-order valence-electron chi connectivity index (χ0n) is 16.5. The fourth-order valence-electron chi connectivity index (χ4n) is 3.33. The highest BCUT2D eigenvalue weighted by Gasteiger charge is 2.16. The molecule has 0 bridgehead atoms. The lowest BCUT2D eigenvalue weighted by atomic mass is 10.1. The average molecular weight is 437 g/mol. The van der Waals surface area contributed by atoms with E-state index in [0.29, 0.717) is 16.5 Å². The van der Waals surface area contributed by atoms with Crippen molar-refractivity contribution in [2.75, 3.05) is 0 Å². The Kier molecular flexibility index (Phi) is 5.73. The van der Waals surface area contributed by atoms with Gasteiger partial charge in [0.2, 0.25) is 0 Å². The second-order valence-corrected chi connectivity index (χ2v) is 7.42. The Hall–Kier alpha value is -3.64. The summed E-state index contributed by atoms with van der Waals surface area (Å²) in [5, 5.41) is 9.86. The Labute approximate surface area is 183 Å². The molecule has 4 aromatic rings. The third-order valence-corrected chi connectivity index (χ3v) is 5.07. The molecule has 0 aliphatic heterocycles. The fourth-order valence-corrected chi connectivity index (χ4v) is 3.50. The number of benzene rings is 2. The molecule has 5 nitrogen and oxygen atoms in total. The third-order valence-electron chi connectivity index (χ3n) is 4.83. The number of ether oxygens (including phenoxy) is 1. The molecule has 0 aliphatic carbocycles. The van der Waals surface area contributed by atoms with Gasteiger partial charge in [-0.25, -0.2) is 9.18 Å². The molecule has 0 fully saturated rings. The highest BCUT2D eigenvalue weighted by molar-refractivity contribution is 6.31. The van der Waals surface area contributed by atoms with Crippen LogP contribution in [0.5, 0.6) is 5.75 Å². The van der Waals surface area contributed by atoms with E-state index in [9.17, 15) is 14.3 Å². The molecule has 2 heterocycles. The Morgan fingerprint density at radius 1 is 1.10 bits per heavy atom. The first-order valence-electron chi connectivity index (χ1n) is 9.46. The zero-order chi connectivity index (χ0) is 22.0. The van der Waals surface area contributed by atoms with Gasteiger partial charge in [0.1, 0.15) is 18.2 Å². The smallest absolute Gasteiger partial charge is 0.337 e. The summed E-state index contributed by atoms with van der Waals surface area (Å²) in [5.74, 6) is -0.761. The molecule has 0 aliphatic rings. The molecule has 0 spiro atoms. The van der Waals surface area contributed by atoms with Crippen molar-refractivity contribution in [1.29, 1.82) is 0 Å². The van der Waals surface area contributed by atoms with E-state index < -0.39 is 5.97 Å². The lowest BCUT2D eigenvalue weighted by Gasteiger charge is -2.16. The lowest BCUT2D eigenvalue weighted by molar-refractivity contribution is 0.0696. The molecule has 2 aromatic carbocycles. The number of hydrogen-bond donors (Lipinski definition) is 1.